The van der Waals surface area contributed by atoms with Crippen molar-refractivity contribution in [3.05, 3.63) is 34.8 Å². The summed E-state index contributed by atoms with van der Waals surface area (Å²) >= 11 is 0. The van der Waals surface area contributed by atoms with E-state index >= 15 is 0 Å². The lowest BCUT2D eigenvalue weighted by molar-refractivity contribution is 0.0669. The maximum atomic E-state index is 12.9. The predicted molar refractivity (Wildman–Crippen MR) is 87.8 cm³/mol. The van der Waals surface area contributed by atoms with Gasteiger partial charge >= 0.3 is 0 Å². The van der Waals surface area contributed by atoms with Gasteiger partial charge < -0.3 is 14.1 Å². The predicted octanol–water partition coefficient (Wildman–Crippen LogP) is 2.42. The van der Waals surface area contributed by atoms with E-state index in [0.717, 1.165) is 31.0 Å². The van der Waals surface area contributed by atoms with Crippen molar-refractivity contribution in [2.45, 2.75) is 46.3 Å². The Morgan fingerprint density at radius 1 is 1.42 bits per heavy atom. The van der Waals surface area contributed by atoms with Gasteiger partial charge in [0, 0.05) is 20.2 Å². The molecule has 0 aromatic carbocycles. The zero-order valence-corrected chi connectivity index (χ0v) is 14.7. The summed E-state index contributed by atoms with van der Waals surface area (Å²) in [6.07, 6.45) is 1.96. The molecule has 1 aliphatic rings. The average Bonchev–Trinajstić information content (AvgIpc) is 3.09. The quantitative estimate of drug-likeness (QED) is 0.860. The van der Waals surface area contributed by atoms with E-state index < -0.39 is 0 Å². The summed E-state index contributed by atoms with van der Waals surface area (Å²) in [5, 5.41) is 4.48. The van der Waals surface area contributed by atoms with E-state index in [0.29, 0.717) is 30.2 Å². The molecule has 0 aliphatic carbocycles. The summed E-state index contributed by atoms with van der Waals surface area (Å²) in [5.41, 5.74) is 0.620. The number of ether oxygens (including phenoxy) is 1. The Morgan fingerprint density at radius 3 is 2.88 bits per heavy atom. The van der Waals surface area contributed by atoms with Crippen LogP contribution < -0.4 is 0 Å². The molecule has 0 bridgehead atoms. The fourth-order valence-electron chi connectivity index (χ4n) is 3.36. The third-order valence-corrected chi connectivity index (χ3v) is 4.42. The second-order valence-electron chi connectivity index (χ2n) is 6.31. The van der Waals surface area contributed by atoms with Gasteiger partial charge in [0.2, 0.25) is 0 Å². The van der Waals surface area contributed by atoms with Crippen LogP contribution >= 0.6 is 0 Å². The number of furan rings is 1. The molecule has 3 heterocycles. The monoisotopic (exact) mass is 332 g/mol. The first-order chi connectivity index (χ1) is 11.5. The van der Waals surface area contributed by atoms with Crippen molar-refractivity contribution in [3.8, 4) is 0 Å². The molecule has 1 saturated heterocycles. The maximum absolute atomic E-state index is 12.9. The van der Waals surface area contributed by atoms with Gasteiger partial charge in [0.25, 0.3) is 5.91 Å². The molecule has 0 N–H and O–H groups in total. The minimum atomic E-state index is 0.0118. The van der Waals surface area contributed by atoms with Crippen molar-refractivity contribution in [1.29, 1.82) is 0 Å². The summed E-state index contributed by atoms with van der Waals surface area (Å²) < 4.78 is 12.6. The van der Waals surface area contributed by atoms with Crippen LogP contribution in [-0.4, -0.2) is 45.8 Å². The number of methoxy groups -OCH3 is 1. The lowest BCUT2D eigenvalue weighted by atomic mass is 10.0. The lowest BCUT2D eigenvalue weighted by Crippen LogP contribution is -2.41. The largest absolute Gasteiger partial charge is 0.463 e. The summed E-state index contributed by atoms with van der Waals surface area (Å²) in [6.45, 7) is 7.44. The van der Waals surface area contributed by atoms with Crippen molar-refractivity contribution in [2.24, 2.45) is 0 Å². The molecule has 3 rings (SSSR count). The van der Waals surface area contributed by atoms with E-state index in [-0.39, 0.29) is 11.9 Å². The molecule has 7 heteroatoms. The van der Waals surface area contributed by atoms with Crippen LogP contribution in [0.3, 0.4) is 0 Å². The van der Waals surface area contributed by atoms with Gasteiger partial charge in [0.1, 0.15) is 29.8 Å². The van der Waals surface area contributed by atoms with E-state index in [1.165, 1.54) is 0 Å². The molecule has 2 aromatic rings. The van der Waals surface area contributed by atoms with Gasteiger partial charge in [-0.05, 0) is 39.7 Å². The second kappa shape index (κ2) is 6.76. The highest BCUT2D eigenvalue weighted by molar-refractivity contribution is 5.95. The van der Waals surface area contributed by atoms with Crippen molar-refractivity contribution in [1.82, 2.24) is 19.7 Å². The fraction of sp³-hybridized carbons (Fsp3) is 0.588. The molecule has 7 nitrogen and oxygen atoms in total. The number of aryl methyl sites for hydroxylation is 3. The summed E-state index contributed by atoms with van der Waals surface area (Å²) in [7, 11) is 1.61. The molecule has 24 heavy (non-hydrogen) atoms. The standard InChI is InChI=1S/C17H24N4O3/c1-11-16(8-15(24-11)10-23-4)17(22)20-7-5-6-14(9-20)21-13(3)18-12(2)19-21/h8,14H,5-7,9-10H2,1-4H3. The number of hydrogen-bond acceptors (Lipinski definition) is 5. The highest BCUT2D eigenvalue weighted by Gasteiger charge is 2.29. The minimum Gasteiger partial charge on any atom is -0.463 e. The summed E-state index contributed by atoms with van der Waals surface area (Å²) in [6, 6.07) is 1.96. The van der Waals surface area contributed by atoms with E-state index in [2.05, 4.69) is 10.1 Å². The van der Waals surface area contributed by atoms with Gasteiger partial charge in [-0.1, -0.05) is 0 Å². The number of piperidine rings is 1. The van der Waals surface area contributed by atoms with Crippen LogP contribution in [-0.2, 0) is 11.3 Å². The summed E-state index contributed by atoms with van der Waals surface area (Å²) in [5.74, 6) is 2.99. The lowest BCUT2D eigenvalue weighted by Gasteiger charge is -2.33. The van der Waals surface area contributed by atoms with Crippen LogP contribution in [0.2, 0.25) is 0 Å². The number of rotatable bonds is 4. The van der Waals surface area contributed by atoms with E-state index in [9.17, 15) is 4.79 Å². The highest BCUT2D eigenvalue weighted by atomic mass is 16.5. The fourth-order valence-corrected chi connectivity index (χ4v) is 3.36. The van der Waals surface area contributed by atoms with Gasteiger partial charge in [-0.2, -0.15) is 5.10 Å². The van der Waals surface area contributed by atoms with Crippen molar-refractivity contribution in [2.75, 3.05) is 20.2 Å². The highest BCUT2D eigenvalue weighted by Crippen LogP contribution is 2.25. The first-order valence-corrected chi connectivity index (χ1v) is 8.27. The Morgan fingerprint density at radius 2 is 2.21 bits per heavy atom. The number of likely N-dealkylation sites (tertiary alicyclic amines) is 1. The molecule has 130 valence electrons. The Hall–Kier alpha value is -2.15. The number of amides is 1. The van der Waals surface area contributed by atoms with Gasteiger partial charge in [-0.3, -0.25) is 4.79 Å². The SMILES string of the molecule is COCc1cc(C(=O)N2CCCC(n3nc(C)nc3C)C2)c(C)o1. The molecule has 2 aromatic heterocycles. The third kappa shape index (κ3) is 3.21. The average molecular weight is 332 g/mol. The normalized spacial score (nSPS) is 18.2. The smallest absolute Gasteiger partial charge is 0.257 e. The van der Waals surface area contributed by atoms with Gasteiger partial charge in [0.15, 0.2) is 0 Å². The van der Waals surface area contributed by atoms with Gasteiger partial charge in [0.05, 0.1) is 11.6 Å². The third-order valence-electron chi connectivity index (χ3n) is 4.42. The molecule has 1 amide bonds. The number of carbonyl (C=O) groups is 1. The minimum absolute atomic E-state index is 0.0118. The molecule has 1 atom stereocenters. The zero-order chi connectivity index (χ0) is 17.3. The van der Waals surface area contributed by atoms with Crippen LogP contribution in [0.4, 0.5) is 0 Å². The molecular formula is C17H24N4O3. The van der Waals surface area contributed by atoms with E-state index in [4.69, 9.17) is 9.15 Å². The number of nitrogens with zero attached hydrogens (tertiary/aromatic N) is 4. The van der Waals surface area contributed by atoms with Crippen LogP contribution in [0.25, 0.3) is 0 Å². The summed E-state index contributed by atoms with van der Waals surface area (Å²) in [4.78, 5) is 19.1. The first kappa shape index (κ1) is 16.7. The molecule has 0 spiro atoms. The van der Waals surface area contributed by atoms with Crippen LogP contribution in [0, 0.1) is 20.8 Å². The Labute approximate surface area is 141 Å². The molecule has 1 fully saturated rings. The van der Waals surface area contributed by atoms with Gasteiger partial charge in [-0.25, -0.2) is 9.67 Å². The van der Waals surface area contributed by atoms with Crippen LogP contribution in [0.15, 0.2) is 10.5 Å². The molecule has 0 saturated carbocycles. The van der Waals surface area contributed by atoms with Crippen molar-refractivity contribution < 1.29 is 13.9 Å². The van der Waals surface area contributed by atoms with Crippen LogP contribution in [0.5, 0.6) is 0 Å². The Balaban J connectivity index is 1.77. The van der Waals surface area contributed by atoms with E-state index in [1.807, 2.05) is 30.4 Å². The zero-order valence-electron chi connectivity index (χ0n) is 14.7. The number of aromatic nitrogens is 3. The van der Waals surface area contributed by atoms with Crippen LogP contribution in [0.1, 0.15) is 52.4 Å². The van der Waals surface area contributed by atoms with Crippen molar-refractivity contribution in [3.63, 3.8) is 0 Å². The Kier molecular flexibility index (Phi) is 4.71. The first-order valence-electron chi connectivity index (χ1n) is 8.27. The Bertz CT molecular complexity index is 734. The van der Waals surface area contributed by atoms with Crippen molar-refractivity contribution >= 4 is 5.91 Å². The maximum Gasteiger partial charge on any atom is 0.257 e. The van der Waals surface area contributed by atoms with Gasteiger partial charge in [-0.15, -0.1) is 0 Å². The number of hydrogen-bond donors (Lipinski definition) is 0. The molecule has 0 radical (unpaired) electrons. The molecular weight excluding hydrogens is 308 g/mol. The molecule has 1 unspecified atom stereocenters. The number of carbonyl (C=O) groups excluding carboxylic acids is 1. The van der Waals surface area contributed by atoms with E-state index in [1.54, 1.807) is 13.2 Å². The topological polar surface area (TPSA) is 73.4 Å². The molecule has 1 aliphatic heterocycles. The second-order valence-corrected chi connectivity index (χ2v) is 6.31.